The van der Waals surface area contributed by atoms with E-state index >= 15 is 0 Å². The minimum absolute atomic E-state index is 0.159. The van der Waals surface area contributed by atoms with Crippen molar-refractivity contribution in [2.45, 2.75) is 17.3 Å². The molecule has 3 rings (SSSR count). The standard InChI is InChI=1S/C17H13ClN4OS/c1-10(16(23)20-13-4-2-3-11(7-13)9-19)24-17-21-14-6-5-12(18)8-15(14)22-17/h2-8,10H,1H3,(H,20,23)(H,21,22)/t10-/m1/s1. The Morgan fingerprint density at radius 3 is 3.00 bits per heavy atom. The summed E-state index contributed by atoms with van der Waals surface area (Å²) in [4.78, 5) is 19.9. The zero-order valence-electron chi connectivity index (χ0n) is 12.7. The minimum Gasteiger partial charge on any atom is -0.333 e. The molecule has 24 heavy (non-hydrogen) atoms. The average Bonchev–Trinajstić information content (AvgIpc) is 2.96. The lowest BCUT2D eigenvalue weighted by Crippen LogP contribution is -2.22. The van der Waals surface area contributed by atoms with Crippen LogP contribution in [0.1, 0.15) is 12.5 Å². The second-order valence-corrected chi connectivity index (χ2v) is 6.91. The van der Waals surface area contributed by atoms with Crippen LogP contribution in [0, 0.1) is 11.3 Å². The number of hydrogen-bond acceptors (Lipinski definition) is 4. The summed E-state index contributed by atoms with van der Waals surface area (Å²) >= 11 is 7.28. The molecule has 0 unspecified atom stereocenters. The zero-order chi connectivity index (χ0) is 17.1. The number of anilines is 1. The van der Waals surface area contributed by atoms with Crippen LogP contribution in [-0.4, -0.2) is 21.1 Å². The molecule has 1 amide bonds. The Kier molecular flexibility index (Phi) is 4.74. The summed E-state index contributed by atoms with van der Waals surface area (Å²) in [6.07, 6.45) is 0. The summed E-state index contributed by atoms with van der Waals surface area (Å²) in [5.41, 5.74) is 2.74. The van der Waals surface area contributed by atoms with Gasteiger partial charge in [-0.3, -0.25) is 4.79 Å². The van der Waals surface area contributed by atoms with E-state index in [9.17, 15) is 4.79 Å². The molecule has 0 aliphatic carbocycles. The molecular weight excluding hydrogens is 344 g/mol. The highest BCUT2D eigenvalue weighted by atomic mass is 35.5. The van der Waals surface area contributed by atoms with Crippen molar-refractivity contribution < 1.29 is 4.79 Å². The van der Waals surface area contributed by atoms with Gasteiger partial charge in [0.25, 0.3) is 0 Å². The topological polar surface area (TPSA) is 81.6 Å². The van der Waals surface area contributed by atoms with Gasteiger partial charge in [-0.2, -0.15) is 5.26 Å². The minimum atomic E-state index is -0.355. The molecule has 2 N–H and O–H groups in total. The molecule has 0 spiro atoms. The Morgan fingerprint density at radius 2 is 2.21 bits per heavy atom. The third kappa shape index (κ3) is 3.70. The predicted octanol–water partition coefficient (Wildman–Crippen LogP) is 4.21. The Bertz CT molecular complexity index is 947. The van der Waals surface area contributed by atoms with Crippen LogP contribution in [-0.2, 0) is 4.79 Å². The average molecular weight is 357 g/mol. The number of benzene rings is 2. The quantitative estimate of drug-likeness (QED) is 0.686. The van der Waals surface area contributed by atoms with E-state index in [0.717, 1.165) is 11.0 Å². The summed E-state index contributed by atoms with van der Waals surface area (Å²) in [7, 11) is 0. The van der Waals surface area contributed by atoms with Crippen LogP contribution in [0.15, 0.2) is 47.6 Å². The largest absolute Gasteiger partial charge is 0.333 e. The van der Waals surface area contributed by atoms with Gasteiger partial charge in [0.1, 0.15) is 0 Å². The monoisotopic (exact) mass is 356 g/mol. The molecular formula is C17H13ClN4OS. The van der Waals surface area contributed by atoms with Crippen molar-refractivity contribution in [3.63, 3.8) is 0 Å². The maximum Gasteiger partial charge on any atom is 0.237 e. The number of nitriles is 1. The van der Waals surface area contributed by atoms with Gasteiger partial charge < -0.3 is 10.3 Å². The van der Waals surface area contributed by atoms with Crippen molar-refractivity contribution in [3.05, 3.63) is 53.1 Å². The van der Waals surface area contributed by atoms with Crippen molar-refractivity contribution in [2.24, 2.45) is 0 Å². The molecule has 1 atom stereocenters. The van der Waals surface area contributed by atoms with E-state index in [1.54, 1.807) is 43.3 Å². The molecule has 3 aromatic rings. The SMILES string of the molecule is C[C@@H](Sc1nc2ccc(Cl)cc2[nH]1)C(=O)Nc1cccc(C#N)c1. The number of thioether (sulfide) groups is 1. The summed E-state index contributed by atoms with van der Waals surface area (Å²) < 4.78 is 0. The first-order valence-corrected chi connectivity index (χ1v) is 8.44. The fourth-order valence-corrected chi connectivity index (χ4v) is 3.14. The highest BCUT2D eigenvalue weighted by molar-refractivity contribution is 8.00. The highest BCUT2D eigenvalue weighted by Gasteiger charge is 2.17. The van der Waals surface area contributed by atoms with Gasteiger partial charge in [0.05, 0.1) is 27.9 Å². The number of nitrogens with one attached hydrogen (secondary N) is 2. The summed E-state index contributed by atoms with van der Waals surface area (Å²) in [6.45, 7) is 1.80. The lowest BCUT2D eigenvalue weighted by molar-refractivity contribution is -0.115. The third-order valence-electron chi connectivity index (χ3n) is 3.34. The Hall–Kier alpha value is -2.49. The number of halogens is 1. The molecule has 120 valence electrons. The normalized spacial score (nSPS) is 11.9. The smallest absolute Gasteiger partial charge is 0.237 e. The van der Waals surface area contributed by atoms with Crippen LogP contribution < -0.4 is 5.32 Å². The number of nitrogens with zero attached hydrogens (tertiary/aromatic N) is 2. The molecule has 7 heteroatoms. The molecule has 5 nitrogen and oxygen atoms in total. The van der Waals surface area contributed by atoms with Gasteiger partial charge in [-0.15, -0.1) is 0 Å². The second-order valence-electron chi connectivity index (χ2n) is 5.15. The molecule has 0 saturated carbocycles. The maximum atomic E-state index is 12.3. The number of imidazole rings is 1. The number of aromatic nitrogens is 2. The van der Waals surface area contributed by atoms with Crippen LogP contribution in [0.3, 0.4) is 0 Å². The van der Waals surface area contributed by atoms with Crippen LogP contribution in [0.25, 0.3) is 11.0 Å². The molecule has 0 radical (unpaired) electrons. The molecule has 2 aromatic carbocycles. The molecule has 0 saturated heterocycles. The second kappa shape index (κ2) is 6.95. The van der Waals surface area contributed by atoms with Crippen molar-refractivity contribution in [1.29, 1.82) is 5.26 Å². The first-order chi connectivity index (χ1) is 11.5. The maximum absolute atomic E-state index is 12.3. The lowest BCUT2D eigenvalue weighted by atomic mass is 10.2. The van der Waals surface area contributed by atoms with E-state index in [1.807, 2.05) is 12.1 Å². The summed E-state index contributed by atoms with van der Waals surface area (Å²) in [5, 5.41) is 12.6. The molecule has 0 aliphatic rings. The van der Waals surface area contributed by atoms with Crippen molar-refractivity contribution in [3.8, 4) is 6.07 Å². The van der Waals surface area contributed by atoms with Gasteiger partial charge in [-0.25, -0.2) is 4.98 Å². The van der Waals surface area contributed by atoms with Gasteiger partial charge in [0.2, 0.25) is 5.91 Å². The van der Waals surface area contributed by atoms with Crippen LogP contribution in [0.4, 0.5) is 5.69 Å². The van der Waals surface area contributed by atoms with Crippen molar-refractivity contribution in [1.82, 2.24) is 9.97 Å². The fraction of sp³-hybridized carbons (Fsp3) is 0.118. The molecule has 0 bridgehead atoms. The molecule has 0 aliphatic heterocycles. The van der Waals surface area contributed by atoms with E-state index in [0.29, 0.717) is 21.4 Å². The van der Waals surface area contributed by atoms with Crippen LogP contribution in [0.5, 0.6) is 0 Å². The number of fused-ring (bicyclic) bond motifs is 1. The number of carbonyl (C=O) groups is 1. The summed E-state index contributed by atoms with van der Waals surface area (Å²) in [6, 6.07) is 14.3. The van der Waals surface area contributed by atoms with Gasteiger partial charge in [-0.05, 0) is 43.3 Å². The number of amides is 1. The van der Waals surface area contributed by atoms with Gasteiger partial charge in [0, 0.05) is 10.7 Å². The van der Waals surface area contributed by atoms with Crippen LogP contribution in [0.2, 0.25) is 5.02 Å². The number of aromatic amines is 1. The van der Waals surface area contributed by atoms with E-state index in [4.69, 9.17) is 16.9 Å². The fourth-order valence-electron chi connectivity index (χ4n) is 2.15. The Balaban J connectivity index is 1.69. The zero-order valence-corrected chi connectivity index (χ0v) is 14.3. The molecule has 0 fully saturated rings. The number of carbonyl (C=O) groups excluding carboxylic acids is 1. The first-order valence-electron chi connectivity index (χ1n) is 7.18. The van der Waals surface area contributed by atoms with Gasteiger partial charge >= 0.3 is 0 Å². The van der Waals surface area contributed by atoms with E-state index < -0.39 is 0 Å². The number of H-pyrrole nitrogens is 1. The van der Waals surface area contributed by atoms with Crippen molar-refractivity contribution in [2.75, 3.05) is 5.32 Å². The van der Waals surface area contributed by atoms with E-state index in [2.05, 4.69) is 15.3 Å². The van der Waals surface area contributed by atoms with Crippen molar-refractivity contribution >= 4 is 46.0 Å². The van der Waals surface area contributed by atoms with E-state index in [-0.39, 0.29) is 11.2 Å². The summed E-state index contributed by atoms with van der Waals surface area (Å²) in [5.74, 6) is -0.159. The highest BCUT2D eigenvalue weighted by Crippen LogP contribution is 2.25. The van der Waals surface area contributed by atoms with Gasteiger partial charge in [-0.1, -0.05) is 29.4 Å². The number of hydrogen-bond donors (Lipinski definition) is 2. The predicted molar refractivity (Wildman–Crippen MR) is 96.2 cm³/mol. The first kappa shape index (κ1) is 16.4. The van der Waals surface area contributed by atoms with Gasteiger partial charge in [0.15, 0.2) is 5.16 Å². The molecule has 1 heterocycles. The molecule has 1 aromatic heterocycles. The van der Waals surface area contributed by atoms with Crippen LogP contribution >= 0.6 is 23.4 Å². The lowest BCUT2D eigenvalue weighted by Gasteiger charge is -2.10. The Labute approximate surface area is 148 Å². The third-order valence-corrected chi connectivity index (χ3v) is 4.56. The number of rotatable bonds is 4. The Morgan fingerprint density at radius 1 is 1.38 bits per heavy atom. The van der Waals surface area contributed by atoms with E-state index in [1.165, 1.54) is 11.8 Å².